The summed E-state index contributed by atoms with van der Waals surface area (Å²) in [6, 6.07) is 4.90. The monoisotopic (exact) mass is 244 g/mol. The van der Waals surface area contributed by atoms with Crippen molar-refractivity contribution in [2.24, 2.45) is 0 Å². The van der Waals surface area contributed by atoms with Gasteiger partial charge in [0.2, 0.25) is 0 Å². The minimum absolute atomic E-state index is 0.177. The topological polar surface area (TPSA) is 24.1 Å². The molecule has 0 aliphatic heterocycles. The summed E-state index contributed by atoms with van der Waals surface area (Å²) in [6.45, 7) is 5.71. The summed E-state index contributed by atoms with van der Waals surface area (Å²) < 4.78 is 13.1. The molecule has 0 saturated heterocycles. The van der Waals surface area contributed by atoms with Crippen molar-refractivity contribution in [1.29, 1.82) is 0 Å². The van der Waals surface area contributed by atoms with E-state index in [-0.39, 0.29) is 10.8 Å². The van der Waals surface area contributed by atoms with Gasteiger partial charge in [0.25, 0.3) is 0 Å². The van der Waals surface area contributed by atoms with Gasteiger partial charge in [-0.25, -0.2) is 4.39 Å². The second-order valence-corrected chi connectivity index (χ2v) is 4.04. The van der Waals surface area contributed by atoms with Crippen LogP contribution in [0.1, 0.15) is 18.9 Å². The van der Waals surface area contributed by atoms with E-state index in [1.807, 2.05) is 6.07 Å². The van der Waals surface area contributed by atoms with Gasteiger partial charge in [-0.2, -0.15) is 0 Å². The second-order valence-electron chi connectivity index (χ2n) is 3.63. The summed E-state index contributed by atoms with van der Waals surface area (Å²) >= 11 is 5.60. The first kappa shape index (κ1) is 13.4. The fourth-order valence-electron chi connectivity index (χ4n) is 1.40. The second kappa shape index (κ2) is 7.60. The molecule has 4 heteroatoms. The third kappa shape index (κ3) is 4.92. The first-order chi connectivity index (χ1) is 7.74. The molecular weight excluding hydrogens is 227 g/mol. The van der Waals surface area contributed by atoms with Crippen LogP contribution in [0, 0.1) is 5.82 Å². The lowest BCUT2D eigenvalue weighted by atomic mass is 10.2. The molecule has 0 amide bonds. The predicted molar refractivity (Wildman–Crippen MR) is 66.3 cm³/mol. The van der Waals surface area contributed by atoms with Crippen molar-refractivity contribution in [1.82, 2.24) is 10.6 Å². The fourth-order valence-corrected chi connectivity index (χ4v) is 1.52. The normalized spacial score (nSPS) is 10.7. The average molecular weight is 245 g/mol. The van der Waals surface area contributed by atoms with Crippen LogP contribution in [0.2, 0.25) is 5.02 Å². The van der Waals surface area contributed by atoms with Crippen LogP contribution in [0.4, 0.5) is 4.39 Å². The largest absolute Gasteiger partial charge is 0.317 e. The zero-order valence-corrected chi connectivity index (χ0v) is 10.3. The summed E-state index contributed by atoms with van der Waals surface area (Å²) in [5.74, 6) is -0.353. The van der Waals surface area contributed by atoms with Crippen LogP contribution in [0.3, 0.4) is 0 Å². The first-order valence-electron chi connectivity index (χ1n) is 5.59. The zero-order valence-electron chi connectivity index (χ0n) is 9.52. The van der Waals surface area contributed by atoms with Gasteiger partial charge in [-0.1, -0.05) is 24.6 Å². The number of nitrogens with one attached hydrogen (secondary N) is 2. The highest BCUT2D eigenvalue weighted by Gasteiger charge is 2.00. The van der Waals surface area contributed by atoms with Gasteiger partial charge in [-0.15, -0.1) is 0 Å². The number of hydrogen-bond donors (Lipinski definition) is 2. The van der Waals surface area contributed by atoms with Gasteiger partial charge in [0.05, 0.1) is 5.02 Å². The molecule has 1 rings (SSSR count). The lowest BCUT2D eigenvalue weighted by Gasteiger charge is -2.06. The van der Waals surface area contributed by atoms with Crippen molar-refractivity contribution in [3.63, 3.8) is 0 Å². The van der Waals surface area contributed by atoms with Crippen molar-refractivity contribution in [2.75, 3.05) is 19.6 Å². The Kier molecular flexibility index (Phi) is 6.38. The van der Waals surface area contributed by atoms with Gasteiger partial charge < -0.3 is 10.6 Å². The number of hydrogen-bond acceptors (Lipinski definition) is 2. The van der Waals surface area contributed by atoms with Crippen molar-refractivity contribution < 1.29 is 4.39 Å². The fraction of sp³-hybridized carbons (Fsp3) is 0.500. The lowest BCUT2D eigenvalue weighted by molar-refractivity contribution is 0.599. The number of halogens is 2. The van der Waals surface area contributed by atoms with Crippen molar-refractivity contribution in [2.45, 2.75) is 19.9 Å². The minimum Gasteiger partial charge on any atom is -0.317 e. The molecule has 0 aliphatic rings. The van der Waals surface area contributed by atoms with Crippen molar-refractivity contribution in [3.8, 4) is 0 Å². The van der Waals surface area contributed by atoms with E-state index in [1.54, 1.807) is 6.07 Å². The molecule has 0 radical (unpaired) electrons. The summed E-state index contributed by atoms with van der Waals surface area (Å²) in [4.78, 5) is 0. The molecule has 0 spiro atoms. The standard InChI is InChI=1S/C12H18ClFN2/c1-2-15-6-3-7-16-9-10-4-5-11(13)12(14)8-10/h4-5,8,15-16H,2-3,6-7,9H2,1H3. The molecule has 0 atom stereocenters. The minimum atomic E-state index is -0.353. The Hall–Kier alpha value is -0.640. The SMILES string of the molecule is CCNCCCNCc1ccc(Cl)c(F)c1. The molecular formula is C12H18ClFN2. The van der Waals surface area contributed by atoms with E-state index in [9.17, 15) is 4.39 Å². The van der Waals surface area contributed by atoms with Crippen LogP contribution < -0.4 is 10.6 Å². The highest BCUT2D eigenvalue weighted by atomic mass is 35.5. The number of benzene rings is 1. The van der Waals surface area contributed by atoms with E-state index in [4.69, 9.17) is 11.6 Å². The van der Waals surface area contributed by atoms with E-state index in [1.165, 1.54) is 6.07 Å². The Morgan fingerprint density at radius 1 is 1.25 bits per heavy atom. The molecule has 2 N–H and O–H groups in total. The van der Waals surface area contributed by atoms with Crippen LogP contribution in [-0.4, -0.2) is 19.6 Å². The predicted octanol–water partition coefficient (Wildman–Crippen LogP) is 2.57. The summed E-state index contributed by atoms with van der Waals surface area (Å²) in [5, 5.41) is 6.68. The third-order valence-corrected chi connectivity index (χ3v) is 2.58. The molecule has 2 nitrogen and oxygen atoms in total. The van der Waals surface area contributed by atoms with E-state index < -0.39 is 0 Å². The Bertz CT molecular complexity index is 318. The molecule has 0 aliphatic carbocycles. The van der Waals surface area contributed by atoms with Gasteiger partial charge in [0.15, 0.2) is 0 Å². The molecule has 0 unspecified atom stereocenters. The van der Waals surface area contributed by atoms with Crippen molar-refractivity contribution in [3.05, 3.63) is 34.6 Å². The summed E-state index contributed by atoms with van der Waals surface area (Å²) in [5.41, 5.74) is 0.922. The van der Waals surface area contributed by atoms with Gasteiger partial charge in [-0.05, 0) is 43.8 Å². The van der Waals surface area contributed by atoms with Crippen LogP contribution in [0.5, 0.6) is 0 Å². The summed E-state index contributed by atoms with van der Waals surface area (Å²) in [7, 11) is 0. The Balaban J connectivity index is 2.19. The molecule has 1 aromatic rings. The van der Waals surface area contributed by atoms with Crippen LogP contribution in [0.25, 0.3) is 0 Å². The smallest absolute Gasteiger partial charge is 0.142 e. The summed E-state index contributed by atoms with van der Waals surface area (Å²) in [6.07, 6.45) is 1.07. The quantitative estimate of drug-likeness (QED) is 0.721. The Morgan fingerprint density at radius 3 is 2.69 bits per heavy atom. The van der Waals surface area contributed by atoms with Crippen LogP contribution >= 0.6 is 11.6 Å². The van der Waals surface area contributed by atoms with Crippen molar-refractivity contribution >= 4 is 11.6 Å². The lowest BCUT2D eigenvalue weighted by Crippen LogP contribution is -2.21. The molecule has 1 aromatic carbocycles. The van der Waals surface area contributed by atoms with E-state index in [0.717, 1.165) is 31.6 Å². The maximum Gasteiger partial charge on any atom is 0.142 e. The molecule has 0 heterocycles. The van der Waals surface area contributed by atoms with E-state index in [0.29, 0.717) is 6.54 Å². The van der Waals surface area contributed by atoms with Gasteiger partial charge >= 0.3 is 0 Å². The molecule has 0 aromatic heterocycles. The first-order valence-corrected chi connectivity index (χ1v) is 5.97. The maximum absolute atomic E-state index is 13.1. The highest BCUT2D eigenvalue weighted by Crippen LogP contribution is 2.15. The van der Waals surface area contributed by atoms with Gasteiger partial charge in [0.1, 0.15) is 5.82 Å². The van der Waals surface area contributed by atoms with E-state index >= 15 is 0 Å². The highest BCUT2D eigenvalue weighted by molar-refractivity contribution is 6.30. The molecule has 0 saturated carbocycles. The van der Waals surface area contributed by atoms with E-state index in [2.05, 4.69) is 17.6 Å². The average Bonchev–Trinajstić information content (AvgIpc) is 2.28. The van der Waals surface area contributed by atoms with Gasteiger partial charge in [-0.3, -0.25) is 0 Å². The van der Waals surface area contributed by atoms with Gasteiger partial charge in [0, 0.05) is 6.54 Å². The Morgan fingerprint density at radius 2 is 2.00 bits per heavy atom. The number of rotatable bonds is 7. The van der Waals surface area contributed by atoms with Crippen LogP contribution in [-0.2, 0) is 6.54 Å². The maximum atomic E-state index is 13.1. The third-order valence-electron chi connectivity index (χ3n) is 2.27. The van der Waals surface area contributed by atoms with Crippen LogP contribution in [0.15, 0.2) is 18.2 Å². The zero-order chi connectivity index (χ0) is 11.8. The molecule has 0 fully saturated rings. The Labute approximate surface area is 101 Å². The molecule has 0 bridgehead atoms. The molecule has 90 valence electrons. The molecule has 16 heavy (non-hydrogen) atoms.